The van der Waals surface area contributed by atoms with Crippen LogP contribution >= 0.6 is 15.9 Å². The third kappa shape index (κ3) is 3.13. The van der Waals surface area contributed by atoms with Crippen LogP contribution in [0, 0.1) is 13.8 Å². The number of hydrogen-bond acceptors (Lipinski definition) is 5. The van der Waals surface area contributed by atoms with Gasteiger partial charge in [-0.15, -0.1) is 0 Å². The molecule has 2 aromatic rings. The molecule has 0 radical (unpaired) electrons. The van der Waals surface area contributed by atoms with Crippen molar-refractivity contribution in [2.24, 2.45) is 0 Å². The topological polar surface area (TPSA) is 88.2 Å². The van der Waals surface area contributed by atoms with Crippen molar-refractivity contribution in [3.05, 3.63) is 34.2 Å². The van der Waals surface area contributed by atoms with Crippen molar-refractivity contribution >= 4 is 26.0 Å². The number of hydrogen-bond donors (Lipinski definition) is 1. The molecule has 0 bridgehead atoms. The zero-order valence-electron chi connectivity index (χ0n) is 12.8. The normalized spacial score (nSPS) is 19.2. The zero-order chi connectivity index (χ0) is 16.6. The first kappa shape index (κ1) is 16.4. The van der Waals surface area contributed by atoms with Crippen molar-refractivity contribution in [2.45, 2.75) is 31.3 Å². The molecular formula is C14H17BrN4O3S. The quantitative estimate of drug-likeness (QED) is 0.847. The maximum absolute atomic E-state index is 12.8. The molecule has 1 aliphatic heterocycles. The Hall–Kier alpha value is -1.45. The first-order chi connectivity index (χ1) is 10.9. The van der Waals surface area contributed by atoms with Gasteiger partial charge in [0, 0.05) is 12.7 Å². The van der Waals surface area contributed by atoms with Crippen molar-refractivity contribution in [2.75, 3.05) is 13.1 Å². The van der Waals surface area contributed by atoms with Gasteiger partial charge in [-0.2, -0.15) is 9.40 Å². The summed E-state index contributed by atoms with van der Waals surface area (Å²) in [4.78, 5) is 4.42. The molecule has 1 saturated heterocycles. The van der Waals surface area contributed by atoms with E-state index in [0.29, 0.717) is 36.8 Å². The fourth-order valence-corrected chi connectivity index (χ4v) is 4.84. The van der Waals surface area contributed by atoms with Gasteiger partial charge in [-0.05, 0) is 48.3 Å². The minimum Gasteiger partial charge on any atom is -0.472 e. The second kappa shape index (κ2) is 6.21. The zero-order valence-corrected chi connectivity index (χ0v) is 15.2. The van der Waals surface area contributed by atoms with E-state index in [1.165, 1.54) is 4.31 Å². The van der Waals surface area contributed by atoms with E-state index in [0.717, 1.165) is 4.47 Å². The van der Waals surface area contributed by atoms with Gasteiger partial charge in [0.1, 0.15) is 11.0 Å². The summed E-state index contributed by atoms with van der Waals surface area (Å²) in [6, 6.07) is 3.64. The molecule has 1 atom stereocenters. The second-order valence-electron chi connectivity index (χ2n) is 5.45. The highest BCUT2D eigenvalue weighted by molar-refractivity contribution is 9.10. The van der Waals surface area contributed by atoms with E-state index < -0.39 is 10.0 Å². The number of nitrogens with one attached hydrogen (secondary N) is 1. The van der Waals surface area contributed by atoms with Crippen LogP contribution in [0.4, 0.5) is 0 Å². The highest BCUT2D eigenvalue weighted by Crippen LogP contribution is 2.28. The monoisotopic (exact) mass is 400 g/mol. The molecule has 3 heterocycles. The third-order valence-corrected chi connectivity index (χ3v) is 6.50. The maximum Gasteiger partial charge on any atom is 0.246 e. The number of sulfonamides is 1. The number of nitrogens with zero attached hydrogens (tertiary/aromatic N) is 3. The van der Waals surface area contributed by atoms with Crippen LogP contribution in [-0.2, 0) is 10.0 Å². The Kier molecular flexibility index (Phi) is 4.43. The van der Waals surface area contributed by atoms with Gasteiger partial charge in [0.05, 0.1) is 22.4 Å². The Bertz CT molecular complexity index is 802. The smallest absolute Gasteiger partial charge is 0.246 e. The summed E-state index contributed by atoms with van der Waals surface area (Å²) in [5, 5.41) is 6.70. The lowest BCUT2D eigenvalue weighted by Gasteiger charge is -2.17. The fraction of sp³-hybridized carbons (Fsp3) is 0.429. The molecule has 0 amide bonds. The molecule has 3 rings (SSSR count). The van der Waals surface area contributed by atoms with Crippen LogP contribution in [0.2, 0.25) is 0 Å². The Morgan fingerprint density at radius 1 is 1.43 bits per heavy atom. The minimum atomic E-state index is -3.56. The van der Waals surface area contributed by atoms with Crippen LogP contribution in [0.15, 0.2) is 27.7 Å². The lowest BCUT2D eigenvalue weighted by molar-refractivity contribution is 0.205. The Morgan fingerprint density at radius 3 is 2.87 bits per heavy atom. The number of aromatic nitrogens is 3. The summed E-state index contributed by atoms with van der Waals surface area (Å²) in [6.45, 7) is 4.12. The van der Waals surface area contributed by atoms with Crippen LogP contribution in [0.25, 0.3) is 0 Å². The summed E-state index contributed by atoms with van der Waals surface area (Å²) < 4.78 is 33.6. The van der Waals surface area contributed by atoms with Crippen LogP contribution in [0.1, 0.15) is 17.8 Å². The maximum atomic E-state index is 12.8. The molecule has 1 fully saturated rings. The van der Waals surface area contributed by atoms with E-state index in [4.69, 9.17) is 4.74 Å². The molecule has 0 saturated carbocycles. The van der Waals surface area contributed by atoms with Crippen LogP contribution in [-0.4, -0.2) is 47.1 Å². The number of ether oxygens (including phenoxy) is 1. The molecule has 0 spiro atoms. The van der Waals surface area contributed by atoms with Gasteiger partial charge in [-0.25, -0.2) is 13.4 Å². The number of pyridine rings is 1. The molecule has 0 aliphatic carbocycles. The number of rotatable bonds is 4. The molecule has 23 heavy (non-hydrogen) atoms. The summed E-state index contributed by atoms with van der Waals surface area (Å²) in [5.41, 5.74) is 1.04. The lowest BCUT2D eigenvalue weighted by atomic mass is 10.3. The summed E-state index contributed by atoms with van der Waals surface area (Å²) in [5.74, 6) is 0.479. The number of H-pyrrole nitrogens is 1. The molecule has 9 heteroatoms. The Morgan fingerprint density at radius 2 is 2.22 bits per heavy atom. The van der Waals surface area contributed by atoms with Crippen molar-refractivity contribution in [3.63, 3.8) is 0 Å². The lowest BCUT2D eigenvalue weighted by Crippen LogP contribution is -2.31. The highest BCUT2D eigenvalue weighted by Gasteiger charge is 2.36. The van der Waals surface area contributed by atoms with Gasteiger partial charge < -0.3 is 4.74 Å². The Balaban J connectivity index is 1.76. The van der Waals surface area contributed by atoms with E-state index >= 15 is 0 Å². The van der Waals surface area contributed by atoms with E-state index in [9.17, 15) is 8.42 Å². The molecular weight excluding hydrogens is 384 g/mol. The standard InChI is InChI=1S/C14H17BrN4O3S/c1-9-13(10(2)18-17-9)23(20,21)19-7-5-11(8-19)22-14-12(15)4-3-6-16-14/h3-4,6,11H,5,7-8H2,1-2H3,(H,17,18). The van der Waals surface area contributed by atoms with Gasteiger partial charge in [-0.1, -0.05) is 0 Å². The SMILES string of the molecule is Cc1n[nH]c(C)c1S(=O)(=O)N1CCC(Oc2ncccc2Br)C1. The predicted molar refractivity (Wildman–Crippen MR) is 87.8 cm³/mol. The average molecular weight is 401 g/mol. The highest BCUT2D eigenvalue weighted by atomic mass is 79.9. The predicted octanol–water partition coefficient (Wildman–Crippen LogP) is 2.03. The number of halogens is 1. The van der Waals surface area contributed by atoms with Gasteiger partial charge >= 0.3 is 0 Å². The number of aromatic amines is 1. The molecule has 124 valence electrons. The summed E-state index contributed by atoms with van der Waals surface area (Å²) >= 11 is 3.38. The van der Waals surface area contributed by atoms with Gasteiger partial charge in [0.15, 0.2) is 0 Å². The largest absolute Gasteiger partial charge is 0.472 e. The number of aryl methyl sites for hydroxylation is 2. The molecule has 0 aromatic carbocycles. The molecule has 1 unspecified atom stereocenters. The average Bonchev–Trinajstić information content (AvgIpc) is 3.09. The van der Waals surface area contributed by atoms with Crippen molar-refractivity contribution in [1.82, 2.24) is 19.5 Å². The summed E-state index contributed by atoms with van der Waals surface area (Å²) in [7, 11) is -3.56. The molecule has 1 N–H and O–H groups in total. The van der Waals surface area contributed by atoms with E-state index in [1.807, 2.05) is 6.07 Å². The van der Waals surface area contributed by atoms with Gasteiger partial charge in [-0.3, -0.25) is 5.10 Å². The first-order valence-corrected chi connectivity index (χ1v) is 9.42. The second-order valence-corrected chi connectivity index (χ2v) is 8.17. The summed E-state index contributed by atoms with van der Waals surface area (Å²) in [6.07, 6.45) is 2.04. The van der Waals surface area contributed by atoms with Crippen molar-refractivity contribution in [3.8, 4) is 5.88 Å². The fourth-order valence-electron chi connectivity index (χ4n) is 2.68. The molecule has 7 nitrogen and oxygen atoms in total. The van der Waals surface area contributed by atoms with E-state index in [-0.39, 0.29) is 11.0 Å². The first-order valence-electron chi connectivity index (χ1n) is 7.18. The molecule has 1 aliphatic rings. The minimum absolute atomic E-state index is 0.219. The van der Waals surface area contributed by atoms with Crippen molar-refractivity contribution in [1.29, 1.82) is 0 Å². The van der Waals surface area contributed by atoms with Crippen molar-refractivity contribution < 1.29 is 13.2 Å². The van der Waals surface area contributed by atoms with E-state index in [2.05, 4.69) is 31.1 Å². The van der Waals surface area contributed by atoms with E-state index in [1.54, 1.807) is 26.1 Å². The van der Waals surface area contributed by atoms with Gasteiger partial charge in [0.2, 0.25) is 15.9 Å². The third-order valence-electron chi connectivity index (χ3n) is 3.77. The van der Waals surface area contributed by atoms with Crippen LogP contribution in [0.5, 0.6) is 5.88 Å². The van der Waals surface area contributed by atoms with Crippen LogP contribution in [0.3, 0.4) is 0 Å². The molecule has 2 aromatic heterocycles. The van der Waals surface area contributed by atoms with Gasteiger partial charge in [0.25, 0.3) is 0 Å². The Labute approximate surface area is 143 Å². The van der Waals surface area contributed by atoms with Crippen LogP contribution < -0.4 is 4.74 Å².